The van der Waals surface area contributed by atoms with E-state index in [9.17, 15) is 9.90 Å². The number of hydrogen-bond donors (Lipinski definition) is 2. The van der Waals surface area contributed by atoms with E-state index in [1.807, 2.05) is 11.9 Å². The van der Waals surface area contributed by atoms with Gasteiger partial charge in [-0.25, -0.2) is 0 Å². The largest absolute Gasteiger partial charge is 0.427 e. The van der Waals surface area contributed by atoms with Gasteiger partial charge in [-0.1, -0.05) is 0 Å². The lowest BCUT2D eigenvalue weighted by Crippen LogP contribution is -2.52. The fraction of sp³-hybridized carbons (Fsp3) is 0.882. The second-order valence-electron chi connectivity index (χ2n) is 7.84. The summed E-state index contributed by atoms with van der Waals surface area (Å²) < 4.78 is 5.10. The molecule has 3 rings (SSSR count). The molecular weight excluding hydrogens is 319 g/mol. The van der Waals surface area contributed by atoms with Crippen LogP contribution < -0.4 is 5.23 Å². The van der Waals surface area contributed by atoms with Crippen LogP contribution in [0.15, 0.2) is 4.99 Å². The van der Waals surface area contributed by atoms with Crippen molar-refractivity contribution in [3.05, 3.63) is 0 Å². The molecule has 0 aromatic carbocycles. The fourth-order valence-electron chi connectivity index (χ4n) is 4.23. The molecule has 140 valence electrons. The molecule has 1 unspecified atom stereocenters. The number of rotatable bonds is 7. The van der Waals surface area contributed by atoms with Crippen LogP contribution in [0.3, 0.4) is 0 Å². The van der Waals surface area contributed by atoms with Crippen LogP contribution in [0.25, 0.3) is 0 Å². The smallest absolute Gasteiger partial charge is 0.360 e. The average Bonchev–Trinajstić information content (AvgIpc) is 3.02. The molecule has 2 saturated carbocycles. The highest BCUT2D eigenvalue weighted by molar-refractivity contribution is 6.23. The van der Waals surface area contributed by atoms with E-state index in [0.29, 0.717) is 32.2 Å². The maximum atomic E-state index is 13.1. The number of hydrogen-bond acceptors (Lipinski definition) is 6. The Balaban J connectivity index is 1.58. The molecule has 0 radical (unpaired) electrons. The monoisotopic (exact) mass is 350 g/mol. The van der Waals surface area contributed by atoms with Gasteiger partial charge in [0, 0.05) is 33.3 Å². The number of nitrogens with one attached hydrogen (secondary N) is 1. The van der Waals surface area contributed by atoms with Gasteiger partial charge in [-0.2, -0.15) is 0 Å². The maximum Gasteiger partial charge on any atom is 0.360 e. The number of aliphatic hydroxyl groups is 1. The quantitative estimate of drug-likeness (QED) is 0.619. The number of amides is 1. The molecule has 1 atom stereocenters. The molecule has 2 fully saturated rings. The molecule has 0 saturated heterocycles. The molecule has 2 aliphatic carbocycles. The van der Waals surface area contributed by atoms with Crippen molar-refractivity contribution in [1.29, 1.82) is 0 Å². The van der Waals surface area contributed by atoms with Gasteiger partial charge in [-0.3, -0.25) is 9.79 Å². The van der Waals surface area contributed by atoms with Crippen LogP contribution in [0.2, 0.25) is 0 Å². The van der Waals surface area contributed by atoms with Gasteiger partial charge in [-0.05, 0) is 50.5 Å². The third kappa shape index (κ3) is 4.74. The second-order valence-corrected chi connectivity index (χ2v) is 7.84. The molecule has 0 aromatic rings. The van der Waals surface area contributed by atoms with Crippen LogP contribution in [0.1, 0.15) is 38.5 Å². The van der Waals surface area contributed by atoms with Gasteiger partial charge in [0.15, 0.2) is 0 Å². The zero-order valence-electron chi connectivity index (χ0n) is 15.4. The number of nitrogens with zero attached hydrogens (tertiary/aromatic N) is 3. The number of aliphatic hydroxyl groups excluding tert-OH is 1. The van der Waals surface area contributed by atoms with E-state index in [4.69, 9.17) is 4.65 Å². The van der Waals surface area contributed by atoms with Crippen molar-refractivity contribution in [2.24, 2.45) is 10.9 Å². The first-order valence-electron chi connectivity index (χ1n) is 9.51. The van der Waals surface area contributed by atoms with Crippen LogP contribution in [0.4, 0.5) is 0 Å². The maximum absolute atomic E-state index is 13.1. The number of carbonyl (C=O) groups excluding carboxylic acids is 1. The molecule has 7 nitrogen and oxygen atoms in total. The predicted octanol–water partition coefficient (Wildman–Crippen LogP) is -0.258. The van der Waals surface area contributed by atoms with Crippen molar-refractivity contribution in [3.8, 4) is 0 Å². The summed E-state index contributed by atoms with van der Waals surface area (Å²) in [7, 11) is 4.24. The van der Waals surface area contributed by atoms with Gasteiger partial charge in [0.25, 0.3) is 0 Å². The molecule has 3 aliphatic rings. The molecule has 1 heterocycles. The molecule has 0 spiro atoms. The number of aliphatic imine (C=N–C) groups is 1. The van der Waals surface area contributed by atoms with Crippen molar-refractivity contribution >= 4 is 19.9 Å². The van der Waals surface area contributed by atoms with Gasteiger partial charge in [0.05, 0.1) is 12.4 Å². The van der Waals surface area contributed by atoms with E-state index in [-0.39, 0.29) is 18.1 Å². The minimum absolute atomic E-state index is 0.162. The Morgan fingerprint density at radius 1 is 1.40 bits per heavy atom. The zero-order valence-corrected chi connectivity index (χ0v) is 15.4. The van der Waals surface area contributed by atoms with Gasteiger partial charge in [-0.15, -0.1) is 0 Å². The topological polar surface area (TPSA) is 77.4 Å². The summed E-state index contributed by atoms with van der Waals surface area (Å²) in [6, 6.07) is 0.514. The third-order valence-corrected chi connectivity index (χ3v) is 5.79. The van der Waals surface area contributed by atoms with Crippen molar-refractivity contribution in [1.82, 2.24) is 15.0 Å². The highest BCUT2D eigenvalue weighted by Gasteiger charge is 2.37. The van der Waals surface area contributed by atoms with Crippen LogP contribution in [-0.2, 0) is 9.45 Å². The zero-order chi connectivity index (χ0) is 17.8. The van der Waals surface area contributed by atoms with Crippen LogP contribution in [-0.4, -0.2) is 86.2 Å². The molecule has 8 heteroatoms. The Morgan fingerprint density at radius 3 is 2.68 bits per heavy atom. The first-order chi connectivity index (χ1) is 12.1. The van der Waals surface area contributed by atoms with Crippen molar-refractivity contribution in [2.75, 3.05) is 27.2 Å². The first kappa shape index (κ1) is 18.7. The molecule has 0 aromatic heterocycles. The van der Waals surface area contributed by atoms with E-state index < -0.39 is 0 Å². The van der Waals surface area contributed by atoms with Crippen LogP contribution in [0, 0.1) is 5.92 Å². The summed E-state index contributed by atoms with van der Waals surface area (Å²) in [5.41, 5.74) is 0. The van der Waals surface area contributed by atoms with Crippen LogP contribution >= 0.6 is 0 Å². The predicted molar refractivity (Wildman–Crippen MR) is 98.7 cm³/mol. The molecule has 1 aliphatic heterocycles. The van der Waals surface area contributed by atoms with E-state index in [2.05, 4.69) is 15.1 Å². The second kappa shape index (κ2) is 8.51. The summed E-state index contributed by atoms with van der Waals surface area (Å²) >= 11 is 0. The molecule has 0 bridgehead atoms. The van der Waals surface area contributed by atoms with Gasteiger partial charge in [0.2, 0.25) is 5.91 Å². The highest BCUT2D eigenvalue weighted by Crippen LogP contribution is 2.31. The van der Waals surface area contributed by atoms with E-state index >= 15 is 0 Å². The molecule has 1 amide bonds. The van der Waals surface area contributed by atoms with Gasteiger partial charge in [0.1, 0.15) is 6.04 Å². The van der Waals surface area contributed by atoms with Crippen molar-refractivity contribution in [3.63, 3.8) is 0 Å². The first-order valence-corrected chi connectivity index (χ1v) is 9.51. The summed E-state index contributed by atoms with van der Waals surface area (Å²) in [4.78, 5) is 21.5. The van der Waals surface area contributed by atoms with E-state index in [1.54, 1.807) is 13.4 Å². The molecule has 2 N–H and O–H groups in total. The fourth-order valence-corrected chi connectivity index (χ4v) is 4.23. The Kier molecular flexibility index (Phi) is 6.36. The summed E-state index contributed by atoms with van der Waals surface area (Å²) in [6.45, 7) is 1.44. The SMILES string of the molecule is COBNC1CCC(N(CC2CC(O)C2)C(=O)C2CN(C)C=N2)CC1. The standard InChI is InChI=1S/C17H31BN4O3/c1-21-10-16(19-11-21)17(24)22(9-12-7-15(23)8-12)14-5-3-13(4-6-14)20-18-25-2/h11-16,18,20,23H,3-10H2,1-2H3. The highest BCUT2D eigenvalue weighted by atomic mass is 16.4. The normalized spacial score (nSPS) is 34.7. The summed E-state index contributed by atoms with van der Waals surface area (Å²) in [6.07, 6.45) is 7.41. The van der Waals surface area contributed by atoms with Crippen LogP contribution in [0.5, 0.6) is 0 Å². The number of likely N-dealkylation sites (N-methyl/N-ethyl adjacent to an activating group) is 1. The minimum Gasteiger partial charge on any atom is -0.427 e. The lowest BCUT2D eigenvalue weighted by Gasteiger charge is -2.42. The molecule has 25 heavy (non-hydrogen) atoms. The van der Waals surface area contributed by atoms with Crippen molar-refractivity contribution < 1.29 is 14.6 Å². The van der Waals surface area contributed by atoms with E-state index in [0.717, 1.165) is 45.1 Å². The summed E-state index contributed by atoms with van der Waals surface area (Å²) in [5.74, 6) is 0.599. The third-order valence-electron chi connectivity index (χ3n) is 5.79. The Hall–Kier alpha value is -1.12. The Bertz CT molecular complexity index is 479. The Labute approximate surface area is 151 Å². The van der Waals surface area contributed by atoms with Crippen molar-refractivity contribution in [2.45, 2.75) is 62.8 Å². The van der Waals surface area contributed by atoms with E-state index in [1.165, 1.54) is 0 Å². The summed E-state index contributed by atoms with van der Waals surface area (Å²) in [5, 5.41) is 13.0. The number of carbonyl (C=O) groups is 1. The lowest BCUT2D eigenvalue weighted by molar-refractivity contribution is -0.137. The molecular formula is C17H31BN4O3. The minimum atomic E-state index is -0.265. The van der Waals surface area contributed by atoms with Gasteiger partial charge >= 0.3 is 7.62 Å². The lowest BCUT2D eigenvalue weighted by atomic mass is 9.81. The van der Waals surface area contributed by atoms with Gasteiger partial charge < -0.3 is 24.8 Å². The Morgan fingerprint density at radius 2 is 2.12 bits per heavy atom. The average molecular weight is 350 g/mol.